The van der Waals surface area contributed by atoms with Gasteiger partial charge in [-0.1, -0.05) is 20.8 Å². The van der Waals surface area contributed by atoms with Crippen molar-refractivity contribution < 1.29 is 9.90 Å². The summed E-state index contributed by atoms with van der Waals surface area (Å²) in [5.74, 6) is 0.546. The minimum absolute atomic E-state index is 0.274. The van der Waals surface area contributed by atoms with E-state index in [-0.39, 0.29) is 5.41 Å². The Balaban J connectivity index is 2.23. The second-order valence-electron chi connectivity index (χ2n) is 5.91. The number of aliphatic carboxylic acids is 1. The Morgan fingerprint density at radius 3 is 2.43 bits per heavy atom. The minimum Gasteiger partial charge on any atom is -0.481 e. The van der Waals surface area contributed by atoms with Crippen LogP contribution in [0.4, 0.5) is 0 Å². The van der Waals surface area contributed by atoms with E-state index >= 15 is 0 Å². The molecule has 2 bridgehead atoms. The Morgan fingerprint density at radius 2 is 2.07 bits per heavy atom. The van der Waals surface area contributed by atoms with Gasteiger partial charge >= 0.3 is 5.97 Å². The molecule has 14 heavy (non-hydrogen) atoms. The van der Waals surface area contributed by atoms with Gasteiger partial charge in [0.25, 0.3) is 0 Å². The molecule has 2 heteroatoms. The molecule has 0 aromatic rings. The molecule has 0 heterocycles. The quantitative estimate of drug-likeness (QED) is 0.737. The molecule has 2 aliphatic rings. The third-order valence-electron chi connectivity index (χ3n) is 5.40. The lowest BCUT2D eigenvalue weighted by atomic mass is 9.66. The zero-order chi connectivity index (χ0) is 10.6. The Labute approximate surface area is 85.7 Å². The first-order valence-electron chi connectivity index (χ1n) is 5.60. The molecule has 0 spiro atoms. The van der Waals surface area contributed by atoms with Crippen molar-refractivity contribution >= 4 is 5.97 Å². The van der Waals surface area contributed by atoms with Crippen molar-refractivity contribution in [2.75, 3.05) is 0 Å². The molecule has 0 saturated heterocycles. The summed E-state index contributed by atoms with van der Waals surface area (Å²) in [5, 5.41) is 8.89. The van der Waals surface area contributed by atoms with E-state index in [1.54, 1.807) is 0 Å². The zero-order valence-corrected chi connectivity index (χ0v) is 9.34. The van der Waals surface area contributed by atoms with Crippen molar-refractivity contribution in [2.24, 2.45) is 22.7 Å². The van der Waals surface area contributed by atoms with Crippen molar-refractivity contribution in [2.45, 2.75) is 46.5 Å². The first-order chi connectivity index (χ1) is 6.38. The molecule has 2 rings (SSSR count). The SMILES string of the molecule is CC1(C)[C@H]2CC[C@@]1(C)[C@@H](CC(=O)O)C2. The second kappa shape index (κ2) is 2.74. The topological polar surface area (TPSA) is 37.3 Å². The molecule has 0 unspecified atom stereocenters. The van der Waals surface area contributed by atoms with Gasteiger partial charge in [-0.05, 0) is 41.9 Å². The van der Waals surface area contributed by atoms with E-state index in [1.807, 2.05) is 0 Å². The summed E-state index contributed by atoms with van der Waals surface area (Å²) in [6, 6.07) is 0. The van der Waals surface area contributed by atoms with E-state index in [2.05, 4.69) is 20.8 Å². The second-order valence-corrected chi connectivity index (χ2v) is 5.91. The molecule has 2 aliphatic carbocycles. The monoisotopic (exact) mass is 196 g/mol. The Kier molecular flexibility index (Phi) is 1.96. The van der Waals surface area contributed by atoms with Crippen LogP contribution in [0.5, 0.6) is 0 Å². The maximum Gasteiger partial charge on any atom is 0.303 e. The molecule has 80 valence electrons. The molecule has 2 fully saturated rings. The summed E-state index contributed by atoms with van der Waals surface area (Å²) in [6.07, 6.45) is 4.04. The number of carbonyl (C=O) groups is 1. The molecule has 0 radical (unpaired) electrons. The van der Waals surface area contributed by atoms with Gasteiger partial charge in [-0.15, -0.1) is 0 Å². The van der Waals surface area contributed by atoms with Gasteiger partial charge in [0.15, 0.2) is 0 Å². The maximum atomic E-state index is 10.8. The van der Waals surface area contributed by atoms with E-state index in [9.17, 15) is 4.79 Å². The fraction of sp³-hybridized carbons (Fsp3) is 0.917. The van der Waals surface area contributed by atoms with E-state index in [0.29, 0.717) is 17.8 Å². The summed E-state index contributed by atoms with van der Waals surface area (Å²) >= 11 is 0. The highest BCUT2D eigenvalue weighted by atomic mass is 16.4. The lowest BCUT2D eigenvalue weighted by Crippen LogP contribution is -2.33. The van der Waals surface area contributed by atoms with Crippen LogP contribution >= 0.6 is 0 Å². The van der Waals surface area contributed by atoms with Crippen molar-refractivity contribution in [1.29, 1.82) is 0 Å². The molecule has 1 N–H and O–H groups in total. The summed E-state index contributed by atoms with van der Waals surface area (Å²) < 4.78 is 0. The molecule has 0 aromatic carbocycles. The third kappa shape index (κ3) is 1.06. The molecule has 3 atom stereocenters. The summed E-state index contributed by atoms with van der Waals surface area (Å²) in [5.41, 5.74) is 0.628. The number of rotatable bonds is 2. The first kappa shape index (κ1) is 10.0. The number of hydrogen-bond acceptors (Lipinski definition) is 1. The molecule has 2 nitrogen and oxygen atoms in total. The van der Waals surface area contributed by atoms with Crippen LogP contribution in [0.1, 0.15) is 46.5 Å². The predicted octanol–water partition coefficient (Wildman–Crippen LogP) is 2.92. The maximum absolute atomic E-state index is 10.8. The van der Waals surface area contributed by atoms with Crippen molar-refractivity contribution in [3.8, 4) is 0 Å². The van der Waals surface area contributed by atoms with E-state index in [1.165, 1.54) is 12.8 Å². The molecule has 0 amide bonds. The van der Waals surface area contributed by atoms with Crippen LogP contribution in [0.25, 0.3) is 0 Å². The number of fused-ring (bicyclic) bond motifs is 2. The van der Waals surface area contributed by atoms with Crippen molar-refractivity contribution in [3.63, 3.8) is 0 Å². The Hall–Kier alpha value is -0.530. The predicted molar refractivity (Wildman–Crippen MR) is 55.0 cm³/mol. The molecular formula is C12H20O2. The lowest BCUT2D eigenvalue weighted by molar-refractivity contribution is -0.139. The highest BCUT2D eigenvalue weighted by molar-refractivity contribution is 5.67. The Bertz CT molecular complexity index is 269. The third-order valence-corrected chi connectivity index (χ3v) is 5.40. The van der Waals surface area contributed by atoms with Gasteiger partial charge in [0, 0.05) is 6.42 Å². The van der Waals surface area contributed by atoms with E-state index in [0.717, 1.165) is 12.3 Å². The van der Waals surface area contributed by atoms with Crippen molar-refractivity contribution in [1.82, 2.24) is 0 Å². The average molecular weight is 196 g/mol. The lowest BCUT2D eigenvalue weighted by Gasteiger charge is -2.38. The van der Waals surface area contributed by atoms with Crippen LogP contribution < -0.4 is 0 Å². The van der Waals surface area contributed by atoms with Crippen molar-refractivity contribution in [3.05, 3.63) is 0 Å². The van der Waals surface area contributed by atoms with Crippen LogP contribution in [0.15, 0.2) is 0 Å². The Morgan fingerprint density at radius 1 is 1.43 bits per heavy atom. The summed E-state index contributed by atoms with van der Waals surface area (Å²) in [4.78, 5) is 10.8. The van der Waals surface area contributed by atoms with Gasteiger partial charge in [-0.2, -0.15) is 0 Å². The molecule has 2 saturated carbocycles. The summed E-state index contributed by atoms with van der Waals surface area (Å²) in [7, 11) is 0. The van der Waals surface area contributed by atoms with Gasteiger partial charge < -0.3 is 5.11 Å². The van der Waals surface area contributed by atoms with Gasteiger partial charge in [0.05, 0.1) is 0 Å². The standard InChI is InChI=1S/C12H20O2/c1-11(2)8-4-5-12(11,3)9(6-8)7-10(13)14/h8-9H,4-7H2,1-3H3,(H,13,14)/t8-,9+,12-/m0/s1. The van der Waals surface area contributed by atoms with Crippen LogP contribution in [-0.4, -0.2) is 11.1 Å². The van der Waals surface area contributed by atoms with Crippen LogP contribution in [-0.2, 0) is 4.79 Å². The number of carboxylic acid groups (broad SMARTS) is 1. The average Bonchev–Trinajstić information content (AvgIpc) is 2.35. The van der Waals surface area contributed by atoms with Gasteiger partial charge in [-0.3, -0.25) is 4.79 Å². The smallest absolute Gasteiger partial charge is 0.303 e. The van der Waals surface area contributed by atoms with E-state index in [4.69, 9.17) is 5.11 Å². The highest BCUT2D eigenvalue weighted by Gasteiger charge is 2.61. The minimum atomic E-state index is -0.625. The van der Waals surface area contributed by atoms with E-state index < -0.39 is 5.97 Å². The van der Waals surface area contributed by atoms with Crippen LogP contribution in [0.3, 0.4) is 0 Å². The van der Waals surface area contributed by atoms with Gasteiger partial charge in [-0.25, -0.2) is 0 Å². The number of hydrogen-bond donors (Lipinski definition) is 1. The molecule has 0 aromatic heterocycles. The number of carboxylic acids is 1. The zero-order valence-electron chi connectivity index (χ0n) is 9.34. The van der Waals surface area contributed by atoms with Gasteiger partial charge in [0.1, 0.15) is 0 Å². The highest BCUT2D eigenvalue weighted by Crippen LogP contribution is 2.68. The largest absolute Gasteiger partial charge is 0.481 e. The van der Waals surface area contributed by atoms with Crippen LogP contribution in [0, 0.1) is 22.7 Å². The summed E-state index contributed by atoms with van der Waals surface area (Å²) in [6.45, 7) is 6.95. The normalized spacial score (nSPS) is 44.2. The fourth-order valence-corrected chi connectivity index (χ4v) is 3.89. The fourth-order valence-electron chi connectivity index (χ4n) is 3.89. The van der Waals surface area contributed by atoms with Gasteiger partial charge in [0.2, 0.25) is 0 Å². The molecule has 0 aliphatic heterocycles. The molecular weight excluding hydrogens is 176 g/mol. The first-order valence-corrected chi connectivity index (χ1v) is 5.60. The van der Waals surface area contributed by atoms with Crippen LogP contribution in [0.2, 0.25) is 0 Å².